The topological polar surface area (TPSA) is 36.4 Å². The second kappa shape index (κ2) is 7.11. The van der Waals surface area contributed by atoms with Gasteiger partial charge in [0, 0.05) is 42.7 Å². The van der Waals surface area contributed by atoms with Crippen molar-refractivity contribution in [3.8, 4) is 0 Å². The second-order valence-corrected chi connectivity index (χ2v) is 6.79. The van der Waals surface area contributed by atoms with Gasteiger partial charge in [0.15, 0.2) is 5.13 Å². The van der Waals surface area contributed by atoms with Gasteiger partial charge in [-0.25, -0.2) is 9.37 Å². The van der Waals surface area contributed by atoms with Gasteiger partial charge in [0.25, 0.3) is 0 Å². The number of rotatable bonds is 4. The Labute approximate surface area is 137 Å². The zero-order chi connectivity index (χ0) is 15.4. The van der Waals surface area contributed by atoms with Crippen LogP contribution in [0.15, 0.2) is 40.7 Å². The van der Waals surface area contributed by atoms with Gasteiger partial charge in [0.1, 0.15) is 5.82 Å². The van der Waals surface area contributed by atoms with E-state index in [1.54, 1.807) is 35.7 Å². The highest BCUT2D eigenvalue weighted by atomic mass is 32.2. The minimum atomic E-state index is -0.270. The molecule has 116 valence electrons. The number of halogens is 1. The maximum Gasteiger partial charge on any atom is 0.233 e. The van der Waals surface area contributed by atoms with Crippen LogP contribution in [-0.2, 0) is 4.79 Å². The van der Waals surface area contributed by atoms with Crippen LogP contribution in [0.25, 0.3) is 0 Å². The number of benzene rings is 1. The summed E-state index contributed by atoms with van der Waals surface area (Å²) >= 11 is 2.87. The van der Waals surface area contributed by atoms with Crippen LogP contribution in [0.5, 0.6) is 0 Å². The van der Waals surface area contributed by atoms with Crippen LogP contribution in [0.1, 0.15) is 0 Å². The molecule has 0 unspecified atom stereocenters. The van der Waals surface area contributed by atoms with Gasteiger partial charge in [-0.2, -0.15) is 0 Å². The lowest BCUT2D eigenvalue weighted by Gasteiger charge is -2.34. The summed E-state index contributed by atoms with van der Waals surface area (Å²) < 4.78 is 13.5. The molecule has 2 aromatic rings. The van der Waals surface area contributed by atoms with E-state index in [0.29, 0.717) is 18.0 Å². The number of carbonyl (C=O) groups is 1. The first-order valence-electron chi connectivity index (χ1n) is 7.03. The molecule has 0 N–H and O–H groups in total. The number of hydrogen-bond acceptors (Lipinski definition) is 5. The molecular formula is C15H16FN3OS2. The highest BCUT2D eigenvalue weighted by Gasteiger charge is 2.22. The lowest BCUT2D eigenvalue weighted by Crippen LogP contribution is -2.49. The number of aromatic nitrogens is 1. The Morgan fingerprint density at radius 3 is 2.73 bits per heavy atom. The third-order valence-corrected chi connectivity index (χ3v) is 5.38. The molecule has 0 spiro atoms. The summed E-state index contributed by atoms with van der Waals surface area (Å²) in [5.41, 5.74) is 0. The van der Waals surface area contributed by atoms with E-state index in [4.69, 9.17) is 0 Å². The number of anilines is 1. The number of amides is 1. The summed E-state index contributed by atoms with van der Waals surface area (Å²) in [6, 6.07) is 6.55. The molecule has 1 aromatic carbocycles. The molecule has 0 atom stereocenters. The van der Waals surface area contributed by atoms with Gasteiger partial charge in [-0.05, 0) is 12.1 Å². The Morgan fingerprint density at radius 2 is 2.05 bits per heavy atom. The standard InChI is InChI=1S/C15H16FN3OS2/c16-12-3-1-2-4-13(12)22-11-14(20)18-6-8-19(9-7-18)15-17-5-10-21-15/h1-5,10H,6-9,11H2. The first-order valence-corrected chi connectivity index (χ1v) is 8.90. The summed E-state index contributed by atoms with van der Waals surface area (Å²) in [5.74, 6) is 0.0685. The first kappa shape index (κ1) is 15.3. The fourth-order valence-electron chi connectivity index (χ4n) is 2.31. The van der Waals surface area contributed by atoms with Crippen LogP contribution in [0.3, 0.4) is 0 Å². The molecule has 1 fully saturated rings. The summed E-state index contributed by atoms with van der Waals surface area (Å²) in [4.78, 5) is 21.1. The van der Waals surface area contributed by atoms with Crippen molar-refractivity contribution in [2.45, 2.75) is 4.90 Å². The second-order valence-electron chi connectivity index (χ2n) is 4.90. The van der Waals surface area contributed by atoms with E-state index in [1.807, 2.05) is 10.3 Å². The molecule has 0 saturated carbocycles. The van der Waals surface area contributed by atoms with Gasteiger partial charge in [0.2, 0.25) is 5.91 Å². The monoisotopic (exact) mass is 337 g/mol. The lowest BCUT2D eigenvalue weighted by molar-refractivity contribution is -0.128. The van der Waals surface area contributed by atoms with Crippen molar-refractivity contribution in [2.24, 2.45) is 0 Å². The van der Waals surface area contributed by atoms with E-state index in [2.05, 4.69) is 9.88 Å². The molecule has 3 rings (SSSR count). The quantitative estimate of drug-likeness (QED) is 0.804. The molecular weight excluding hydrogens is 321 g/mol. The normalized spacial score (nSPS) is 15.1. The Hall–Kier alpha value is -1.60. The zero-order valence-electron chi connectivity index (χ0n) is 11.9. The third kappa shape index (κ3) is 3.59. The Morgan fingerprint density at radius 1 is 1.27 bits per heavy atom. The minimum Gasteiger partial charge on any atom is -0.345 e. The summed E-state index contributed by atoms with van der Waals surface area (Å²) in [7, 11) is 0. The van der Waals surface area contributed by atoms with Crippen molar-refractivity contribution in [1.29, 1.82) is 0 Å². The average Bonchev–Trinajstić information content (AvgIpc) is 3.08. The summed E-state index contributed by atoms with van der Waals surface area (Å²) in [6.07, 6.45) is 1.79. The van der Waals surface area contributed by atoms with E-state index in [9.17, 15) is 9.18 Å². The zero-order valence-corrected chi connectivity index (χ0v) is 13.6. The van der Waals surface area contributed by atoms with Gasteiger partial charge in [-0.3, -0.25) is 4.79 Å². The van der Waals surface area contributed by atoms with Crippen molar-refractivity contribution in [1.82, 2.24) is 9.88 Å². The van der Waals surface area contributed by atoms with Crippen molar-refractivity contribution >= 4 is 34.1 Å². The lowest BCUT2D eigenvalue weighted by atomic mass is 10.3. The third-order valence-electron chi connectivity index (χ3n) is 3.51. The predicted octanol–water partition coefficient (Wildman–Crippen LogP) is 2.72. The van der Waals surface area contributed by atoms with Gasteiger partial charge < -0.3 is 9.80 Å². The molecule has 22 heavy (non-hydrogen) atoms. The van der Waals surface area contributed by atoms with E-state index in [0.717, 1.165) is 18.2 Å². The van der Waals surface area contributed by atoms with E-state index in [-0.39, 0.29) is 17.5 Å². The van der Waals surface area contributed by atoms with Crippen LogP contribution in [0, 0.1) is 5.82 Å². The highest BCUT2D eigenvalue weighted by Crippen LogP contribution is 2.22. The molecule has 1 aliphatic rings. The molecule has 4 nitrogen and oxygen atoms in total. The largest absolute Gasteiger partial charge is 0.345 e. The van der Waals surface area contributed by atoms with Crippen LogP contribution in [0.4, 0.5) is 9.52 Å². The fraction of sp³-hybridized carbons (Fsp3) is 0.333. The molecule has 0 aliphatic carbocycles. The molecule has 7 heteroatoms. The number of hydrogen-bond donors (Lipinski definition) is 0. The van der Waals surface area contributed by atoms with Crippen LogP contribution in [0.2, 0.25) is 0 Å². The molecule has 2 heterocycles. The van der Waals surface area contributed by atoms with Crippen molar-refractivity contribution in [3.05, 3.63) is 41.7 Å². The summed E-state index contributed by atoms with van der Waals surface area (Å²) in [6.45, 7) is 2.97. The van der Waals surface area contributed by atoms with Crippen molar-refractivity contribution < 1.29 is 9.18 Å². The molecule has 0 radical (unpaired) electrons. The maximum absolute atomic E-state index is 13.5. The minimum absolute atomic E-state index is 0.0621. The van der Waals surface area contributed by atoms with Gasteiger partial charge in [-0.1, -0.05) is 12.1 Å². The summed E-state index contributed by atoms with van der Waals surface area (Å²) in [5, 5.41) is 2.96. The Bertz CT molecular complexity index is 627. The number of thioether (sulfide) groups is 1. The Balaban J connectivity index is 1.49. The molecule has 1 saturated heterocycles. The fourth-order valence-corrected chi connectivity index (χ4v) is 3.85. The number of carbonyl (C=O) groups excluding carboxylic acids is 1. The van der Waals surface area contributed by atoms with Crippen molar-refractivity contribution in [3.63, 3.8) is 0 Å². The molecule has 1 aliphatic heterocycles. The predicted molar refractivity (Wildman–Crippen MR) is 88.0 cm³/mol. The van der Waals surface area contributed by atoms with Gasteiger partial charge >= 0.3 is 0 Å². The van der Waals surface area contributed by atoms with E-state index >= 15 is 0 Å². The number of piperazine rings is 1. The van der Waals surface area contributed by atoms with Gasteiger partial charge in [-0.15, -0.1) is 23.1 Å². The van der Waals surface area contributed by atoms with Crippen LogP contribution < -0.4 is 4.90 Å². The SMILES string of the molecule is O=C(CSc1ccccc1F)N1CCN(c2nccs2)CC1. The molecule has 1 aromatic heterocycles. The molecule has 1 amide bonds. The van der Waals surface area contributed by atoms with Gasteiger partial charge in [0.05, 0.1) is 5.75 Å². The smallest absolute Gasteiger partial charge is 0.233 e. The average molecular weight is 337 g/mol. The molecule has 0 bridgehead atoms. The highest BCUT2D eigenvalue weighted by molar-refractivity contribution is 8.00. The van der Waals surface area contributed by atoms with Crippen LogP contribution in [-0.4, -0.2) is 47.7 Å². The van der Waals surface area contributed by atoms with E-state index in [1.165, 1.54) is 17.8 Å². The maximum atomic E-state index is 13.5. The number of thiazole rings is 1. The van der Waals surface area contributed by atoms with E-state index < -0.39 is 0 Å². The Kier molecular flexibility index (Phi) is 4.94. The van der Waals surface area contributed by atoms with Crippen LogP contribution >= 0.6 is 23.1 Å². The first-order chi connectivity index (χ1) is 10.7. The van der Waals surface area contributed by atoms with Crippen molar-refractivity contribution in [2.75, 3.05) is 36.8 Å². The number of nitrogens with zero attached hydrogens (tertiary/aromatic N) is 3.